The van der Waals surface area contributed by atoms with Gasteiger partial charge in [-0.05, 0) is 5.56 Å². The Morgan fingerprint density at radius 1 is 1.14 bits per heavy atom. The van der Waals surface area contributed by atoms with E-state index < -0.39 is 0 Å². The highest BCUT2D eigenvalue weighted by atomic mass is 14.8. The van der Waals surface area contributed by atoms with E-state index in [-0.39, 0.29) is 0 Å². The minimum Gasteiger partial charge on any atom is -0.244 e. The number of rotatable bonds is 1. The van der Waals surface area contributed by atoms with Gasteiger partial charge >= 0.3 is 0 Å². The summed E-state index contributed by atoms with van der Waals surface area (Å²) >= 11 is 0. The van der Waals surface area contributed by atoms with Crippen LogP contribution in [-0.2, 0) is 0 Å². The number of hydrogen-bond acceptors (Lipinski definition) is 3. The van der Waals surface area contributed by atoms with Gasteiger partial charge in [0.25, 0.3) is 0 Å². The SMILES string of the molecule is N#Cc1ncncc1-c1ccccc1. The maximum absolute atomic E-state index is 8.84. The molecule has 14 heavy (non-hydrogen) atoms. The average molecular weight is 181 g/mol. The van der Waals surface area contributed by atoms with Gasteiger partial charge in [0.15, 0.2) is 5.69 Å². The molecule has 0 N–H and O–H groups in total. The van der Waals surface area contributed by atoms with E-state index in [1.807, 2.05) is 36.4 Å². The molecule has 1 aromatic carbocycles. The summed E-state index contributed by atoms with van der Waals surface area (Å²) in [5.41, 5.74) is 2.14. The van der Waals surface area contributed by atoms with E-state index in [9.17, 15) is 0 Å². The second-order valence-electron chi connectivity index (χ2n) is 2.76. The quantitative estimate of drug-likeness (QED) is 0.676. The van der Waals surface area contributed by atoms with Gasteiger partial charge < -0.3 is 0 Å². The summed E-state index contributed by atoms with van der Waals surface area (Å²) in [6, 6.07) is 11.7. The Balaban J connectivity index is 2.58. The third-order valence-electron chi connectivity index (χ3n) is 1.90. The van der Waals surface area contributed by atoms with Crippen molar-refractivity contribution in [3.63, 3.8) is 0 Å². The van der Waals surface area contributed by atoms with Crippen LogP contribution in [0, 0.1) is 11.3 Å². The van der Waals surface area contributed by atoms with Crippen molar-refractivity contribution in [1.29, 1.82) is 5.26 Å². The van der Waals surface area contributed by atoms with Crippen LogP contribution in [-0.4, -0.2) is 9.97 Å². The van der Waals surface area contributed by atoms with Crippen LogP contribution in [0.15, 0.2) is 42.9 Å². The number of aromatic nitrogens is 2. The van der Waals surface area contributed by atoms with Crippen molar-refractivity contribution in [1.82, 2.24) is 9.97 Å². The molecule has 0 bridgehead atoms. The lowest BCUT2D eigenvalue weighted by Gasteiger charge is -2.00. The number of nitriles is 1. The van der Waals surface area contributed by atoms with E-state index in [0.29, 0.717) is 5.69 Å². The molecular formula is C11H7N3. The van der Waals surface area contributed by atoms with Gasteiger partial charge in [-0.2, -0.15) is 5.26 Å². The molecule has 66 valence electrons. The minimum atomic E-state index is 0.409. The van der Waals surface area contributed by atoms with Crippen LogP contribution in [0.5, 0.6) is 0 Å². The van der Waals surface area contributed by atoms with Crippen molar-refractivity contribution in [2.45, 2.75) is 0 Å². The van der Waals surface area contributed by atoms with Crippen molar-refractivity contribution < 1.29 is 0 Å². The first kappa shape index (κ1) is 8.39. The van der Waals surface area contributed by atoms with Gasteiger partial charge in [-0.15, -0.1) is 0 Å². The van der Waals surface area contributed by atoms with Gasteiger partial charge in [0.2, 0.25) is 0 Å². The lowest BCUT2D eigenvalue weighted by Crippen LogP contribution is -1.89. The Labute approximate surface area is 81.7 Å². The van der Waals surface area contributed by atoms with Crippen molar-refractivity contribution in [3.8, 4) is 17.2 Å². The molecule has 0 amide bonds. The van der Waals surface area contributed by atoms with Crippen LogP contribution >= 0.6 is 0 Å². The Morgan fingerprint density at radius 2 is 1.93 bits per heavy atom. The minimum absolute atomic E-state index is 0.409. The maximum atomic E-state index is 8.84. The normalized spacial score (nSPS) is 9.36. The predicted molar refractivity (Wildman–Crippen MR) is 52.2 cm³/mol. The Kier molecular flexibility index (Phi) is 2.20. The van der Waals surface area contributed by atoms with Crippen LogP contribution in [0.25, 0.3) is 11.1 Å². The Bertz CT molecular complexity index is 471. The molecule has 2 rings (SSSR count). The molecular weight excluding hydrogens is 174 g/mol. The molecule has 1 aromatic heterocycles. The van der Waals surface area contributed by atoms with E-state index in [4.69, 9.17) is 5.26 Å². The second kappa shape index (κ2) is 3.67. The van der Waals surface area contributed by atoms with Crippen molar-refractivity contribution in [3.05, 3.63) is 48.5 Å². The molecule has 0 aliphatic heterocycles. The first-order valence-corrected chi connectivity index (χ1v) is 4.17. The van der Waals surface area contributed by atoms with Gasteiger partial charge in [0.05, 0.1) is 0 Å². The number of hydrogen-bond donors (Lipinski definition) is 0. The van der Waals surface area contributed by atoms with E-state index in [0.717, 1.165) is 11.1 Å². The van der Waals surface area contributed by atoms with Crippen LogP contribution < -0.4 is 0 Å². The zero-order valence-electron chi connectivity index (χ0n) is 7.38. The largest absolute Gasteiger partial charge is 0.244 e. The molecule has 0 saturated carbocycles. The molecule has 2 aromatic rings. The molecule has 0 radical (unpaired) electrons. The number of nitrogens with zero attached hydrogens (tertiary/aromatic N) is 3. The third kappa shape index (κ3) is 1.46. The summed E-state index contributed by atoms with van der Waals surface area (Å²) < 4.78 is 0. The van der Waals surface area contributed by atoms with Gasteiger partial charge in [0.1, 0.15) is 12.4 Å². The first-order valence-electron chi connectivity index (χ1n) is 4.17. The summed E-state index contributed by atoms with van der Waals surface area (Å²) in [7, 11) is 0. The van der Waals surface area contributed by atoms with Gasteiger partial charge in [0, 0.05) is 11.8 Å². The van der Waals surface area contributed by atoms with Gasteiger partial charge in [-0.1, -0.05) is 30.3 Å². The molecule has 0 saturated heterocycles. The number of benzene rings is 1. The van der Waals surface area contributed by atoms with Crippen LogP contribution in [0.2, 0.25) is 0 Å². The Hall–Kier alpha value is -2.21. The zero-order chi connectivity index (χ0) is 9.80. The highest BCUT2D eigenvalue weighted by molar-refractivity contribution is 5.67. The lowest BCUT2D eigenvalue weighted by atomic mass is 10.1. The summed E-state index contributed by atoms with van der Waals surface area (Å²) in [5, 5.41) is 8.84. The highest BCUT2D eigenvalue weighted by Gasteiger charge is 2.04. The average Bonchev–Trinajstić information content (AvgIpc) is 2.30. The van der Waals surface area contributed by atoms with E-state index in [1.165, 1.54) is 6.33 Å². The fraction of sp³-hybridized carbons (Fsp3) is 0. The molecule has 3 heteroatoms. The summed E-state index contributed by atoms with van der Waals surface area (Å²) in [6.45, 7) is 0. The van der Waals surface area contributed by atoms with Gasteiger partial charge in [-0.3, -0.25) is 0 Å². The van der Waals surface area contributed by atoms with E-state index in [2.05, 4.69) is 9.97 Å². The van der Waals surface area contributed by atoms with Crippen molar-refractivity contribution in [2.75, 3.05) is 0 Å². The third-order valence-corrected chi connectivity index (χ3v) is 1.90. The van der Waals surface area contributed by atoms with Crippen LogP contribution in [0.1, 0.15) is 5.69 Å². The fourth-order valence-electron chi connectivity index (χ4n) is 1.25. The molecule has 3 nitrogen and oxygen atoms in total. The highest BCUT2D eigenvalue weighted by Crippen LogP contribution is 2.19. The first-order chi connectivity index (χ1) is 6.92. The molecule has 0 spiro atoms. The lowest BCUT2D eigenvalue weighted by molar-refractivity contribution is 1.14. The van der Waals surface area contributed by atoms with Gasteiger partial charge in [-0.25, -0.2) is 9.97 Å². The smallest absolute Gasteiger partial charge is 0.151 e. The Morgan fingerprint density at radius 3 is 2.64 bits per heavy atom. The topological polar surface area (TPSA) is 49.6 Å². The molecule has 0 unspecified atom stereocenters. The zero-order valence-corrected chi connectivity index (χ0v) is 7.38. The molecule has 0 aliphatic rings. The van der Waals surface area contributed by atoms with Crippen molar-refractivity contribution in [2.24, 2.45) is 0 Å². The standard InChI is InChI=1S/C11H7N3/c12-6-11-10(7-13-8-14-11)9-4-2-1-3-5-9/h1-5,7-8H. The van der Waals surface area contributed by atoms with Crippen molar-refractivity contribution >= 4 is 0 Å². The summed E-state index contributed by atoms with van der Waals surface area (Å²) in [4.78, 5) is 7.81. The summed E-state index contributed by atoms with van der Waals surface area (Å²) in [6.07, 6.45) is 3.03. The van der Waals surface area contributed by atoms with Crippen LogP contribution in [0.4, 0.5) is 0 Å². The summed E-state index contributed by atoms with van der Waals surface area (Å²) in [5.74, 6) is 0. The molecule has 1 heterocycles. The fourth-order valence-corrected chi connectivity index (χ4v) is 1.25. The maximum Gasteiger partial charge on any atom is 0.151 e. The second-order valence-corrected chi connectivity index (χ2v) is 2.76. The monoisotopic (exact) mass is 181 g/mol. The molecule has 0 fully saturated rings. The predicted octanol–water partition coefficient (Wildman–Crippen LogP) is 2.02. The molecule has 0 aliphatic carbocycles. The van der Waals surface area contributed by atoms with E-state index >= 15 is 0 Å². The molecule has 0 atom stereocenters. The van der Waals surface area contributed by atoms with Crippen LogP contribution in [0.3, 0.4) is 0 Å². The van der Waals surface area contributed by atoms with E-state index in [1.54, 1.807) is 6.20 Å².